The monoisotopic (exact) mass is 328 g/mol. The first-order valence-electron chi connectivity index (χ1n) is 8.11. The van der Waals surface area contributed by atoms with Crippen LogP contribution in [-0.4, -0.2) is 29.2 Å². The summed E-state index contributed by atoms with van der Waals surface area (Å²) in [5.41, 5.74) is 0.804. The summed E-state index contributed by atoms with van der Waals surface area (Å²) in [5.74, 6) is -0.359. The van der Waals surface area contributed by atoms with Crippen molar-refractivity contribution in [3.8, 4) is 0 Å². The van der Waals surface area contributed by atoms with Crippen LogP contribution < -0.4 is 5.32 Å². The fourth-order valence-electron chi connectivity index (χ4n) is 3.45. The topological polar surface area (TPSA) is 52.6 Å². The minimum absolute atomic E-state index is 0.359. The third-order valence-corrected chi connectivity index (χ3v) is 4.69. The van der Waals surface area contributed by atoms with Gasteiger partial charge in [0.1, 0.15) is 5.82 Å². The van der Waals surface area contributed by atoms with Gasteiger partial charge in [-0.25, -0.2) is 9.18 Å². The molecule has 1 aliphatic rings. The van der Waals surface area contributed by atoms with Crippen molar-refractivity contribution in [1.82, 2.24) is 10.2 Å². The lowest BCUT2D eigenvalue weighted by molar-refractivity contribution is 0.116. The largest absolute Gasteiger partial charge is 0.465 e. The summed E-state index contributed by atoms with van der Waals surface area (Å²) in [7, 11) is 0. The Morgan fingerprint density at radius 3 is 2.33 bits per heavy atom. The number of piperidine rings is 1. The summed E-state index contributed by atoms with van der Waals surface area (Å²) in [6, 6.07) is 16.6. The Balaban J connectivity index is 1.76. The molecular weight excluding hydrogens is 307 g/mol. The van der Waals surface area contributed by atoms with Gasteiger partial charge >= 0.3 is 6.09 Å². The van der Waals surface area contributed by atoms with E-state index in [1.54, 1.807) is 18.2 Å². The van der Waals surface area contributed by atoms with Crippen molar-refractivity contribution in [2.75, 3.05) is 13.1 Å². The number of halogens is 1. The first-order valence-corrected chi connectivity index (χ1v) is 8.11. The summed E-state index contributed by atoms with van der Waals surface area (Å²) in [6.07, 6.45) is -0.0186. The molecule has 126 valence electrons. The van der Waals surface area contributed by atoms with E-state index in [-0.39, 0.29) is 5.82 Å². The number of rotatable bonds is 4. The summed E-state index contributed by atoms with van der Waals surface area (Å²) >= 11 is 0. The predicted octanol–water partition coefficient (Wildman–Crippen LogP) is 3.58. The van der Waals surface area contributed by atoms with Gasteiger partial charge < -0.3 is 10.4 Å². The van der Waals surface area contributed by atoms with Crippen LogP contribution in [0.25, 0.3) is 0 Å². The molecular formula is C19H21FN2O2. The van der Waals surface area contributed by atoms with Gasteiger partial charge in [-0.2, -0.15) is 0 Å². The molecule has 2 aromatic carbocycles. The van der Waals surface area contributed by atoms with E-state index in [9.17, 15) is 14.3 Å². The van der Waals surface area contributed by atoms with Gasteiger partial charge in [-0.3, -0.25) is 4.90 Å². The first-order chi connectivity index (χ1) is 11.6. The maximum atomic E-state index is 14.3. The molecule has 0 aliphatic carbocycles. The van der Waals surface area contributed by atoms with Crippen molar-refractivity contribution in [3.05, 3.63) is 71.5 Å². The standard InChI is InChI=1S/C19H21FN2O2/c20-17-9-5-4-8-16(17)19(21-18(23)24)10-12-22(13-11-19)14-15-6-2-1-3-7-15/h1-9,21H,10-14H2,(H,23,24). The van der Waals surface area contributed by atoms with Crippen LogP contribution in [0.4, 0.5) is 9.18 Å². The van der Waals surface area contributed by atoms with Gasteiger partial charge in [0, 0.05) is 25.2 Å². The Labute approximate surface area is 140 Å². The molecule has 4 nitrogen and oxygen atoms in total. The SMILES string of the molecule is O=C(O)NC1(c2ccccc2F)CCN(Cc2ccccc2)CC1. The van der Waals surface area contributed by atoms with Crippen molar-refractivity contribution < 1.29 is 14.3 Å². The maximum Gasteiger partial charge on any atom is 0.405 e. The first kappa shape index (κ1) is 16.5. The van der Waals surface area contributed by atoms with Crippen molar-refractivity contribution in [2.24, 2.45) is 0 Å². The second-order valence-corrected chi connectivity index (χ2v) is 6.25. The van der Waals surface area contributed by atoms with Crippen molar-refractivity contribution in [2.45, 2.75) is 24.9 Å². The molecule has 1 saturated heterocycles. The zero-order valence-corrected chi connectivity index (χ0v) is 13.4. The lowest BCUT2D eigenvalue weighted by Gasteiger charge is -2.42. The zero-order chi connectivity index (χ0) is 17.0. The number of benzene rings is 2. The van der Waals surface area contributed by atoms with Gasteiger partial charge in [0.2, 0.25) is 0 Å². The number of likely N-dealkylation sites (tertiary alicyclic amines) is 1. The molecule has 24 heavy (non-hydrogen) atoms. The van der Waals surface area contributed by atoms with Crippen LogP contribution in [0.5, 0.6) is 0 Å². The zero-order valence-electron chi connectivity index (χ0n) is 13.4. The van der Waals surface area contributed by atoms with Crippen LogP contribution in [0.1, 0.15) is 24.0 Å². The minimum atomic E-state index is -1.12. The Morgan fingerprint density at radius 2 is 1.71 bits per heavy atom. The Kier molecular flexibility index (Phi) is 4.81. The van der Waals surface area contributed by atoms with Crippen LogP contribution in [0.2, 0.25) is 0 Å². The number of nitrogens with one attached hydrogen (secondary N) is 1. The number of hydrogen-bond acceptors (Lipinski definition) is 2. The highest BCUT2D eigenvalue weighted by Crippen LogP contribution is 2.35. The molecule has 1 aliphatic heterocycles. The summed E-state index contributed by atoms with van der Waals surface area (Å²) < 4.78 is 14.3. The Hall–Kier alpha value is -2.40. The Bertz CT molecular complexity index is 698. The van der Waals surface area contributed by atoms with E-state index in [4.69, 9.17) is 0 Å². The molecule has 5 heteroatoms. The average Bonchev–Trinajstić information content (AvgIpc) is 2.58. The van der Waals surface area contributed by atoms with E-state index in [0.717, 1.165) is 6.54 Å². The molecule has 0 bridgehead atoms. The third kappa shape index (κ3) is 3.57. The molecule has 3 rings (SSSR count). The van der Waals surface area contributed by atoms with E-state index >= 15 is 0 Å². The van der Waals surface area contributed by atoms with Crippen molar-refractivity contribution >= 4 is 6.09 Å². The molecule has 0 saturated carbocycles. The third-order valence-electron chi connectivity index (χ3n) is 4.69. The number of hydrogen-bond donors (Lipinski definition) is 2. The van der Waals surface area contributed by atoms with Crippen molar-refractivity contribution in [1.29, 1.82) is 0 Å². The lowest BCUT2D eigenvalue weighted by Crippen LogP contribution is -2.53. The van der Waals surface area contributed by atoms with Gasteiger partial charge in [0.25, 0.3) is 0 Å². The second-order valence-electron chi connectivity index (χ2n) is 6.25. The predicted molar refractivity (Wildman–Crippen MR) is 90.2 cm³/mol. The second kappa shape index (κ2) is 7.01. The number of amides is 1. The Morgan fingerprint density at radius 1 is 1.08 bits per heavy atom. The molecule has 0 aromatic heterocycles. The minimum Gasteiger partial charge on any atom is -0.465 e. The van der Waals surface area contributed by atoms with Crippen molar-refractivity contribution in [3.63, 3.8) is 0 Å². The van der Waals surface area contributed by atoms with E-state index in [2.05, 4.69) is 22.3 Å². The van der Waals surface area contributed by atoms with E-state index < -0.39 is 11.6 Å². The molecule has 1 amide bonds. The van der Waals surface area contributed by atoms with Gasteiger partial charge in [-0.1, -0.05) is 48.5 Å². The fourth-order valence-corrected chi connectivity index (χ4v) is 3.45. The quantitative estimate of drug-likeness (QED) is 0.902. The van der Waals surface area contributed by atoms with Crippen LogP contribution in [0.15, 0.2) is 54.6 Å². The molecule has 0 radical (unpaired) electrons. The highest BCUT2D eigenvalue weighted by molar-refractivity contribution is 5.66. The fraction of sp³-hybridized carbons (Fsp3) is 0.316. The van der Waals surface area contributed by atoms with Crippen LogP contribution in [0.3, 0.4) is 0 Å². The van der Waals surface area contributed by atoms with Gasteiger partial charge in [-0.15, -0.1) is 0 Å². The van der Waals surface area contributed by atoms with Crippen LogP contribution >= 0.6 is 0 Å². The lowest BCUT2D eigenvalue weighted by atomic mass is 9.80. The van der Waals surface area contributed by atoms with Gasteiger partial charge in [0.05, 0.1) is 5.54 Å². The normalized spacial score (nSPS) is 17.4. The smallest absolute Gasteiger partial charge is 0.405 e. The summed E-state index contributed by atoms with van der Waals surface area (Å²) in [6.45, 7) is 2.24. The molecule has 2 N–H and O–H groups in total. The summed E-state index contributed by atoms with van der Waals surface area (Å²) in [5, 5.41) is 11.8. The molecule has 0 unspecified atom stereocenters. The van der Waals surface area contributed by atoms with E-state index in [0.29, 0.717) is 31.5 Å². The molecule has 0 atom stereocenters. The highest BCUT2D eigenvalue weighted by atomic mass is 19.1. The molecule has 2 aromatic rings. The van der Waals surface area contributed by atoms with E-state index in [1.807, 2.05) is 18.2 Å². The summed E-state index contributed by atoms with van der Waals surface area (Å²) in [4.78, 5) is 13.6. The molecule has 1 fully saturated rings. The number of carboxylic acid groups (broad SMARTS) is 1. The van der Waals surface area contributed by atoms with E-state index in [1.165, 1.54) is 11.6 Å². The highest BCUT2D eigenvalue weighted by Gasteiger charge is 2.39. The molecule has 1 heterocycles. The van der Waals surface area contributed by atoms with Gasteiger partial charge in [0.15, 0.2) is 0 Å². The molecule has 0 spiro atoms. The number of nitrogens with zero attached hydrogens (tertiary/aromatic N) is 1. The van der Waals surface area contributed by atoms with Gasteiger partial charge in [-0.05, 0) is 24.5 Å². The van der Waals surface area contributed by atoms with Crippen LogP contribution in [-0.2, 0) is 12.1 Å². The van der Waals surface area contributed by atoms with Crippen LogP contribution in [0, 0.1) is 5.82 Å². The average molecular weight is 328 g/mol. The number of carbonyl (C=O) groups is 1. The maximum absolute atomic E-state index is 14.3.